The summed E-state index contributed by atoms with van der Waals surface area (Å²) < 4.78 is 10.2. The highest BCUT2D eigenvalue weighted by Crippen LogP contribution is 2.48. The zero-order valence-electron chi connectivity index (χ0n) is 10.4. The van der Waals surface area contributed by atoms with E-state index in [4.69, 9.17) is 15.2 Å². The molecule has 2 aliphatic rings. The van der Waals surface area contributed by atoms with Crippen molar-refractivity contribution in [3.05, 3.63) is 0 Å². The van der Waals surface area contributed by atoms with E-state index in [9.17, 15) is 14.7 Å². The van der Waals surface area contributed by atoms with E-state index in [0.29, 0.717) is 0 Å². The van der Waals surface area contributed by atoms with Crippen LogP contribution in [0.4, 0.5) is 0 Å². The minimum Gasteiger partial charge on any atom is -0.464 e. The van der Waals surface area contributed by atoms with Crippen molar-refractivity contribution in [1.82, 2.24) is 5.32 Å². The van der Waals surface area contributed by atoms with Crippen molar-refractivity contribution < 1.29 is 24.2 Å². The highest BCUT2D eigenvalue weighted by molar-refractivity contribution is 5.84. The van der Waals surface area contributed by atoms with Gasteiger partial charge in [0.1, 0.15) is 12.2 Å². The van der Waals surface area contributed by atoms with Crippen molar-refractivity contribution in [3.63, 3.8) is 0 Å². The van der Waals surface area contributed by atoms with Crippen LogP contribution in [0.2, 0.25) is 0 Å². The number of hydrogen-bond donors (Lipinski definition) is 3. The molecule has 2 rings (SSSR count). The number of epoxide rings is 1. The third-order valence-electron chi connectivity index (χ3n) is 3.41. The molecular formula is C11H18N2O5. The lowest BCUT2D eigenvalue weighted by Crippen LogP contribution is -2.62. The van der Waals surface area contributed by atoms with Crippen LogP contribution in [0.15, 0.2) is 0 Å². The number of nitrogens with two attached hydrogens (primary N) is 1. The Hall–Kier alpha value is -1.18. The van der Waals surface area contributed by atoms with E-state index in [1.54, 1.807) is 6.92 Å². The highest BCUT2D eigenvalue weighted by Gasteiger charge is 2.71. The van der Waals surface area contributed by atoms with Crippen LogP contribution in [0.3, 0.4) is 0 Å². The molecular weight excluding hydrogens is 240 g/mol. The van der Waals surface area contributed by atoms with E-state index >= 15 is 0 Å². The normalized spacial score (nSPS) is 41.8. The number of carbonyl (C=O) groups excluding carboxylic acids is 2. The first-order valence-electron chi connectivity index (χ1n) is 5.98. The number of ether oxygens (including phenoxy) is 2. The number of nitrogens with one attached hydrogen (secondary N) is 1. The van der Waals surface area contributed by atoms with Crippen LogP contribution >= 0.6 is 0 Å². The Bertz CT molecular complexity index is 374. The SMILES string of the molecule is CCOC(=O)C12C[C@H](N)[C@@H](NC(C)=O)[C@H](O)C1O2. The molecule has 18 heavy (non-hydrogen) atoms. The number of aliphatic hydroxyl groups excluding tert-OH is 1. The Balaban J connectivity index is 2.09. The maximum Gasteiger partial charge on any atom is 0.341 e. The predicted octanol–water partition coefficient (Wildman–Crippen LogP) is -1.72. The van der Waals surface area contributed by atoms with Gasteiger partial charge in [0, 0.05) is 19.4 Å². The van der Waals surface area contributed by atoms with E-state index in [0.717, 1.165) is 0 Å². The summed E-state index contributed by atoms with van der Waals surface area (Å²) >= 11 is 0. The maximum atomic E-state index is 11.8. The van der Waals surface area contributed by atoms with Gasteiger partial charge in [0.25, 0.3) is 0 Å². The van der Waals surface area contributed by atoms with Crippen LogP contribution in [0.1, 0.15) is 20.3 Å². The summed E-state index contributed by atoms with van der Waals surface area (Å²) in [6.07, 6.45) is -1.41. The fourth-order valence-corrected chi connectivity index (χ4v) is 2.55. The molecule has 7 nitrogen and oxygen atoms in total. The quantitative estimate of drug-likeness (QED) is 0.410. The molecule has 0 spiro atoms. The molecule has 0 aromatic carbocycles. The van der Waals surface area contributed by atoms with Gasteiger partial charge in [-0.1, -0.05) is 0 Å². The van der Waals surface area contributed by atoms with Crippen molar-refractivity contribution in [3.8, 4) is 0 Å². The van der Waals surface area contributed by atoms with Gasteiger partial charge in [-0.2, -0.15) is 0 Å². The molecule has 0 radical (unpaired) electrons. The second-order valence-corrected chi connectivity index (χ2v) is 4.73. The molecule has 7 heteroatoms. The van der Waals surface area contributed by atoms with E-state index in [2.05, 4.69) is 5.32 Å². The molecule has 0 aromatic rings. The number of aliphatic hydroxyl groups is 1. The molecule has 2 fully saturated rings. The third-order valence-corrected chi connectivity index (χ3v) is 3.41. The van der Waals surface area contributed by atoms with Crippen LogP contribution < -0.4 is 11.1 Å². The number of carbonyl (C=O) groups is 2. The molecule has 1 aliphatic carbocycles. The van der Waals surface area contributed by atoms with E-state index < -0.39 is 35.9 Å². The molecule has 1 aliphatic heterocycles. The number of rotatable bonds is 3. The van der Waals surface area contributed by atoms with Crippen molar-refractivity contribution in [1.29, 1.82) is 0 Å². The monoisotopic (exact) mass is 258 g/mol. The van der Waals surface area contributed by atoms with Gasteiger partial charge in [-0.15, -0.1) is 0 Å². The van der Waals surface area contributed by atoms with Crippen LogP contribution in [0, 0.1) is 0 Å². The maximum absolute atomic E-state index is 11.8. The molecule has 1 amide bonds. The Labute approximate surface area is 105 Å². The Morgan fingerprint density at radius 3 is 2.83 bits per heavy atom. The van der Waals surface area contributed by atoms with Gasteiger partial charge in [0.05, 0.1) is 12.6 Å². The first kappa shape index (κ1) is 13.3. The predicted molar refractivity (Wildman–Crippen MR) is 60.4 cm³/mol. The van der Waals surface area contributed by atoms with Crippen molar-refractivity contribution in [2.75, 3.05) is 6.61 Å². The molecule has 0 bridgehead atoms. The molecule has 5 atom stereocenters. The van der Waals surface area contributed by atoms with Gasteiger partial charge < -0.3 is 25.6 Å². The van der Waals surface area contributed by atoms with Crippen molar-refractivity contribution in [2.45, 2.75) is 50.2 Å². The Morgan fingerprint density at radius 1 is 1.61 bits per heavy atom. The largest absolute Gasteiger partial charge is 0.464 e. The van der Waals surface area contributed by atoms with Crippen LogP contribution in [-0.2, 0) is 19.1 Å². The summed E-state index contributed by atoms with van der Waals surface area (Å²) in [4.78, 5) is 22.8. The summed E-state index contributed by atoms with van der Waals surface area (Å²) in [5, 5.41) is 12.6. The summed E-state index contributed by atoms with van der Waals surface area (Å²) in [6, 6.07) is -1.15. The zero-order valence-corrected chi connectivity index (χ0v) is 10.4. The third kappa shape index (κ3) is 1.98. The Morgan fingerprint density at radius 2 is 2.28 bits per heavy atom. The number of hydrogen-bond acceptors (Lipinski definition) is 6. The second-order valence-electron chi connectivity index (χ2n) is 4.73. The van der Waals surface area contributed by atoms with Gasteiger partial charge in [0.2, 0.25) is 5.91 Å². The summed E-state index contributed by atoms with van der Waals surface area (Å²) in [5.41, 5.74) is 4.77. The van der Waals surface area contributed by atoms with Crippen LogP contribution in [0.25, 0.3) is 0 Å². The molecule has 2 unspecified atom stereocenters. The topological polar surface area (TPSA) is 114 Å². The fraction of sp³-hybridized carbons (Fsp3) is 0.818. The van der Waals surface area contributed by atoms with E-state index in [1.165, 1.54) is 6.92 Å². The standard InChI is InChI=1S/C11H18N2O5/c1-3-17-10(16)11-4-6(12)7(13-5(2)14)8(15)9(11)18-11/h6-9,15H,3-4,12H2,1-2H3,(H,13,14)/t6-,7+,8-,9?,11?/m0/s1. The summed E-state index contributed by atoms with van der Waals surface area (Å²) in [6.45, 7) is 3.29. The molecule has 4 N–H and O–H groups in total. The lowest BCUT2D eigenvalue weighted by molar-refractivity contribution is -0.150. The first-order valence-corrected chi connectivity index (χ1v) is 5.98. The van der Waals surface area contributed by atoms with E-state index in [-0.39, 0.29) is 18.9 Å². The molecule has 1 heterocycles. The fourth-order valence-electron chi connectivity index (χ4n) is 2.55. The van der Waals surface area contributed by atoms with Crippen molar-refractivity contribution in [2.24, 2.45) is 5.73 Å². The lowest BCUT2D eigenvalue weighted by atomic mass is 9.80. The summed E-state index contributed by atoms with van der Waals surface area (Å²) in [5.74, 6) is -0.774. The molecule has 102 valence electrons. The van der Waals surface area contributed by atoms with Gasteiger partial charge >= 0.3 is 5.97 Å². The van der Waals surface area contributed by atoms with Gasteiger partial charge in [-0.25, -0.2) is 4.79 Å². The zero-order chi connectivity index (χ0) is 13.5. The number of esters is 1. The van der Waals surface area contributed by atoms with Crippen molar-refractivity contribution >= 4 is 11.9 Å². The van der Waals surface area contributed by atoms with Gasteiger partial charge in [-0.05, 0) is 6.92 Å². The molecule has 0 aromatic heterocycles. The minimum absolute atomic E-state index is 0.235. The highest BCUT2D eigenvalue weighted by atomic mass is 16.7. The van der Waals surface area contributed by atoms with Gasteiger partial charge in [0.15, 0.2) is 5.60 Å². The van der Waals surface area contributed by atoms with Crippen LogP contribution in [0.5, 0.6) is 0 Å². The average Bonchev–Trinajstić information content (AvgIpc) is 3.00. The van der Waals surface area contributed by atoms with Crippen LogP contribution in [-0.4, -0.2) is 53.5 Å². The van der Waals surface area contributed by atoms with Gasteiger partial charge in [-0.3, -0.25) is 4.79 Å². The summed E-state index contributed by atoms with van der Waals surface area (Å²) in [7, 11) is 0. The smallest absolute Gasteiger partial charge is 0.341 e. The average molecular weight is 258 g/mol. The first-order chi connectivity index (χ1) is 8.42. The minimum atomic E-state index is -1.12. The molecule has 1 saturated heterocycles. The number of amides is 1. The Kier molecular flexibility index (Phi) is 3.31. The molecule has 1 saturated carbocycles. The van der Waals surface area contributed by atoms with E-state index in [1.807, 2.05) is 0 Å². The number of fused-ring (bicyclic) bond motifs is 1. The second kappa shape index (κ2) is 4.49. The lowest BCUT2D eigenvalue weighted by Gasteiger charge is -2.33.